The number of benzene rings is 2. The third kappa shape index (κ3) is 5.35. The highest BCUT2D eigenvalue weighted by atomic mass is 35.5. The lowest BCUT2D eigenvalue weighted by molar-refractivity contribution is -0.122. The average Bonchev–Trinajstić information content (AvgIpc) is 2.78. The van der Waals surface area contributed by atoms with Gasteiger partial charge in [0.1, 0.15) is 12.4 Å². The minimum atomic E-state index is -0.297. The lowest BCUT2D eigenvalue weighted by Crippen LogP contribution is -2.38. The van der Waals surface area contributed by atoms with Gasteiger partial charge in [0.15, 0.2) is 0 Å². The zero-order valence-electron chi connectivity index (χ0n) is 17.7. The molecule has 0 unspecified atom stereocenters. The van der Waals surface area contributed by atoms with Crippen molar-refractivity contribution in [3.05, 3.63) is 53.1 Å². The Bertz CT molecular complexity index is 975. The van der Waals surface area contributed by atoms with Gasteiger partial charge in [-0.05, 0) is 44.2 Å². The first-order valence-electron chi connectivity index (χ1n) is 10.4. The van der Waals surface area contributed by atoms with E-state index < -0.39 is 0 Å². The number of hydrogen-bond acceptors (Lipinski definition) is 4. The van der Waals surface area contributed by atoms with Gasteiger partial charge in [0.25, 0.3) is 5.91 Å². The maximum atomic E-state index is 12.6. The van der Waals surface area contributed by atoms with Crippen LogP contribution in [0.15, 0.2) is 42.5 Å². The Balaban J connectivity index is 1.57. The summed E-state index contributed by atoms with van der Waals surface area (Å²) in [5.74, 6) is 0.0858. The largest absolute Gasteiger partial charge is 0.490 e. The molecule has 0 bridgehead atoms. The van der Waals surface area contributed by atoms with Crippen LogP contribution in [-0.2, 0) is 9.59 Å². The third-order valence-electron chi connectivity index (χ3n) is 5.13. The topological polar surface area (TPSA) is 79.0 Å². The van der Waals surface area contributed by atoms with E-state index in [2.05, 4.69) is 5.32 Å². The van der Waals surface area contributed by atoms with Gasteiger partial charge in [-0.1, -0.05) is 23.7 Å². The highest BCUT2D eigenvalue weighted by Gasteiger charge is 2.23. The molecule has 31 heavy (non-hydrogen) atoms. The molecule has 1 aliphatic heterocycles. The van der Waals surface area contributed by atoms with E-state index in [0.29, 0.717) is 43.2 Å². The van der Waals surface area contributed by atoms with Crippen LogP contribution in [0, 0.1) is 0 Å². The zero-order valence-corrected chi connectivity index (χ0v) is 18.4. The predicted molar refractivity (Wildman–Crippen MR) is 121 cm³/mol. The Hall–Kier alpha value is -3.06. The van der Waals surface area contributed by atoms with Crippen LogP contribution in [-0.4, -0.2) is 48.9 Å². The molecule has 2 aromatic rings. The van der Waals surface area contributed by atoms with E-state index in [1.165, 1.54) is 0 Å². The SMILES string of the molecule is CCN(CC)C(=O)c1ccc(NC(=O)CCC(=O)N2CCOc3ccccc32)cc1Cl. The number of nitrogens with one attached hydrogen (secondary N) is 1. The molecule has 1 aliphatic rings. The number of amides is 3. The monoisotopic (exact) mass is 443 g/mol. The molecular weight excluding hydrogens is 418 g/mol. The molecule has 2 aromatic carbocycles. The summed E-state index contributed by atoms with van der Waals surface area (Å²) in [6.45, 7) is 5.86. The van der Waals surface area contributed by atoms with E-state index in [-0.39, 0.29) is 35.6 Å². The van der Waals surface area contributed by atoms with Crippen LogP contribution >= 0.6 is 11.6 Å². The van der Waals surface area contributed by atoms with Crippen LogP contribution in [0.2, 0.25) is 5.02 Å². The minimum absolute atomic E-state index is 0.0378. The Morgan fingerprint density at radius 1 is 1.10 bits per heavy atom. The Morgan fingerprint density at radius 3 is 2.55 bits per heavy atom. The summed E-state index contributed by atoms with van der Waals surface area (Å²) in [6, 6.07) is 12.1. The van der Waals surface area contributed by atoms with Gasteiger partial charge >= 0.3 is 0 Å². The standard InChI is InChI=1S/C23H26ClN3O4/c1-3-26(4-2)23(30)17-10-9-16(15-18(17)24)25-21(28)11-12-22(29)27-13-14-31-20-8-6-5-7-19(20)27/h5-10,15H,3-4,11-14H2,1-2H3,(H,25,28). The lowest BCUT2D eigenvalue weighted by atomic mass is 10.1. The number of carbonyl (C=O) groups excluding carboxylic acids is 3. The fraction of sp³-hybridized carbons (Fsp3) is 0.348. The third-order valence-corrected chi connectivity index (χ3v) is 5.44. The molecule has 164 valence electrons. The van der Waals surface area contributed by atoms with E-state index in [0.717, 1.165) is 5.69 Å². The number of halogens is 1. The molecule has 8 heteroatoms. The van der Waals surface area contributed by atoms with Gasteiger partial charge in [0.2, 0.25) is 11.8 Å². The first-order chi connectivity index (χ1) is 14.9. The van der Waals surface area contributed by atoms with Crippen molar-refractivity contribution in [1.82, 2.24) is 4.90 Å². The average molecular weight is 444 g/mol. The van der Waals surface area contributed by atoms with Crippen molar-refractivity contribution in [2.24, 2.45) is 0 Å². The number of ether oxygens (including phenoxy) is 1. The van der Waals surface area contributed by atoms with Crippen LogP contribution in [0.25, 0.3) is 0 Å². The molecule has 1 heterocycles. The van der Waals surface area contributed by atoms with Crippen molar-refractivity contribution in [2.75, 3.05) is 36.5 Å². The van der Waals surface area contributed by atoms with Gasteiger partial charge in [-0.15, -0.1) is 0 Å². The number of para-hydroxylation sites is 2. The van der Waals surface area contributed by atoms with Crippen LogP contribution in [0.5, 0.6) is 5.75 Å². The Morgan fingerprint density at radius 2 is 1.84 bits per heavy atom. The number of fused-ring (bicyclic) bond motifs is 1. The van der Waals surface area contributed by atoms with Gasteiger partial charge in [0, 0.05) is 31.6 Å². The first kappa shape index (κ1) is 22.6. The Kier molecular flexibility index (Phi) is 7.52. The van der Waals surface area contributed by atoms with E-state index >= 15 is 0 Å². The predicted octanol–water partition coefficient (Wildman–Crippen LogP) is 3.97. The van der Waals surface area contributed by atoms with Gasteiger partial charge in [-0.2, -0.15) is 0 Å². The van der Waals surface area contributed by atoms with Crippen LogP contribution in [0.1, 0.15) is 37.0 Å². The van der Waals surface area contributed by atoms with Gasteiger partial charge in [0.05, 0.1) is 22.8 Å². The normalized spacial score (nSPS) is 12.5. The second kappa shape index (κ2) is 10.3. The van der Waals surface area contributed by atoms with Crippen molar-refractivity contribution in [1.29, 1.82) is 0 Å². The molecule has 0 saturated carbocycles. The number of rotatable bonds is 7. The second-order valence-electron chi connectivity index (χ2n) is 7.08. The molecule has 3 amide bonds. The zero-order chi connectivity index (χ0) is 22.4. The molecule has 0 atom stereocenters. The maximum Gasteiger partial charge on any atom is 0.255 e. The van der Waals surface area contributed by atoms with Gasteiger partial charge in [-0.25, -0.2) is 0 Å². The van der Waals surface area contributed by atoms with Crippen molar-refractivity contribution in [2.45, 2.75) is 26.7 Å². The summed E-state index contributed by atoms with van der Waals surface area (Å²) in [5.41, 5.74) is 1.60. The van der Waals surface area contributed by atoms with E-state index in [9.17, 15) is 14.4 Å². The van der Waals surface area contributed by atoms with Crippen molar-refractivity contribution in [3.63, 3.8) is 0 Å². The minimum Gasteiger partial charge on any atom is -0.490 e. The van der Waals surface area contributed by atoms with Crippen molar-refractivity contribution >= 4 is 40.7 Å². The van der Waals surface area contributed by atoms with Gasteiger partial charge < -0.3 is 19.9 Å². The molecule has 0 aliphatic carbocycles. The summed E-state index contributed by atoms with van der Waals surface area (Å²) in [4.78, 5) is 40.8. The van der Waals surface area contributed by atoms with Crippen LogP contribution in [0.4, 0.5) is 11.4 Å². The quantitative estimate of drug-likeness (QED) is 0.702. The van der Waals surface area contributed by atoms with E-state index in [1.54, 1.807) is 28.0 Å². The lowest BCUT2D eigenvalue weighted by Gasteiger charge is -2.29. The summed E-state index contributed by atoms with van der Waals surface area (Å²) in [6.07, 6.45) is 0.114. The number of nitrogens with zero attached hydrogens (tertiary/aromatic N) is 2. The highest BCUT2D eigenvalue weighted by molar-refractivity contribution is 6.34. The summed E-state index contributed by atoms with van der Waals surface area (Å²) < 4.78 is 5.56. The Labute approximate surface area is 186 Å². The van der Waals surface area contributed by atoms with Gasteiger partial charge in [-0.3, -0.25) is 14.4 Å². The number of hydrogen-bond donors (Lipinski definition) is 1. The van der Waals surface area contributed by atoms with Crippen LogP contribution in [0.3, 0.4) is 0 Å². The molecule has 0 aromatic heterocycles. The molecular formula is C23H26ClN3O4. The molecule has 0 radical (unpaired) electrons. The van der Waals surface area contributed by atoms with Crippen molar-refractivity contribution in [3.8, 4) is 5.75 Å². The molecule has 0 spiro atoms. The first-order valence-corrected chi connectivity index (χ1v) is 10.7. The van der Waals surface area contributed by atoms with Crippen LogP contribution < -0.4 is 15.0 Å². The summed E-state index contributed by atoms with van der Waals surface area (Å²) >= 11 is 6.27. The summed E-state index contributed by atoms with van der Waals surface area (Å²) in [7, 11) is 0. The van der Waals surface area contributed by atoms with E-state index in [1.807, 2.05) is 38.1 Å². The van der Waals surface area contributed by atoms with E-state index in [4.69, 9.17) is 16.3 Å². The second-order valence-corrected chi connectivity index (χ2v) is 7.49. The molecule has 1 N–H and O–H groups in total. The number of anilines is 2. The number of carbonyl (C=O) groups is 3. The molecule has 0 saturated heterocycles. The fourth-order valence-electron chi connectivity index (χ4n) is 3.45. The molecule has 0 fully saturated rings. The highest BCUT2D eigenvalue weighted by Crippen LogP contribution is 2.31. The smallest absolute Gasteiger partial charge is 0.255 e. The summed E-state index contributed by atoms with van der Waals surface area (Å²) in [5, 5.41) is 3.01. The molecule has 3 rings (SSSR count). The van der Waals surface area contributed by atoms with Crippen molar-refractivity contribution < 1.29 is 19.1 Å². The maximum absolute atomic E-state index is 12.6. The fourth-order valence-corrected chi connectivity index (χ4v) is 3.72. The molecule has 7 nitrogen and oxygen atoms in total.